The molecule has 0 atom stereocenters. The number of nitrogens with zero attached hydrogens (tertiary/aromatic N) is 3. The number of nitrogens with one attached hydrogen (secondary N) is 1. The van der Waals surface area contributed by atoms with Gasteiger partial charge in [-0.15, -0.1) is 0 Å². The summed E-state index contributed by atoms with van der Waals surface area (Å²) in [4.78, 5) is 10.8. The van der Waals surface area contributed by atoms with Crippen LogP contribution < -0.4 is 5.32 Å². The van der Waals surface area contributed by atoms with Crippen molar-refractivity contribution in [2.45, 2.75) is 37.8 Å². The number of fused-ring (bicyclic) bond motifs is 1. The Morgan fingerprint density at radius 2 is 2.00 bits per heavy atom. The molecular weight excluding hydrogens is 240 g/mol. The average molecular weight is 260 g/mol. The third-order valence-corrected chi connectivity index (χ3v) is 4.01. The van der Waals surface area contributed by atoms with Crippen molar-refractivity contribution in [3.8, 4) is 0 Å². The number of hydrogen-bond donors (Lipinski definition) is 1. The number of anilines is 1. The predicted molar refractivity (Wildman–Crippen MR) is 75.2 cm³/mol. The lowest BCUT2D eigenvalue weighted by atomic mass is 9.90. The van der Waals surface area contributed by atoms with Crippen LogP contribution in [0.4, 0.5) is 5.82 Å². The standard InChI is InChI=1S/C14H20N4O/c1-18(2)11-5-3-10(4-6-11)17-14-13-12(7-8-19-13)15-9-16-14/h7-11H,3-6H2,1-2H3,(H,15,16,17). The second-order valence-electron chi connectivity index (χ2n) is 5.47. The Hall–Kier alpha value is -1.62. The molecule has 0 aliphatic heterocycles. The van der Waals surface area contributed by atoms with Crippen molar-refractivity contribution in [2.24, 2.45) is 0 Å². The van der Waals surface area contributed by atoms with E-state index in [1.54, 1.807) is 12.6 Å². The summed E-state index contributed by atoms with van der Waals surface area (Å²) in [5, 5.41) is 3.51. The van der Waals surface area contributed by atoms with Gasteiger partial charge in [0.1, 0.15) is 11.8 Å². The van der Waals surface area contributed by atoms with Crippen LogP contribution in [-0.4, -0.2) is 41.0 Å². The molecule has 0 unspecified atom stereocenters. The fraction of sp³-hybridized carbons (Fsp3) is 0.571. The van der Waals surface area contributed by atoms with Gasteiger partial charge in [-0.05, 0) is 39.8 Å². The van der Waals surface area contributed by atoms with Crippen molar-refractivity contribution in [3.63, 3.8) is 0 Å². The Morgan fingerprint density at radius 1 is 1.21 bits per heavy atom. The molecule has 0 saturated heterocycles. The molecular formula is C14H20N4O. The normalized spacial score (nSPS) is 23.9. The second kappa shape index (κ2) is 5.17. The predicted octanol–water partition coefficient (Wildman–Crippen LogP) is 2.51. The molecule has 0 radical (unpaired) electrons. The van der Waals surface area contributed by atoms with E-state index in [1.807, 2.05) is 6.07 Å². The topological polar surface area (TPSA) is 54.2 Å². The number of hydrogen-bond acceptors (Lipinski definition) is 5. The first kappa shape index (κ1) is 12.4. The Bertz CT molecular complexity index is 543. The molecule has 2 heterocycles. The summed E-state index contributed by atoms with van der Waals surface area (Å²) in [7, 11) is 4.32. The van der Waals surface area contributed by atoms with Gasteiger partial charge in [-0.1, -0.05) is 0 Å². The first-order valence-corrected chi connectivity index (χ1v) is 6.85. The van der Waals surface area contributed by atoms with Crippen molar-refractivity contribution in [1.29, 1.82) is 0 Å². The summed E-state index contributed by atoms with van der Waals surface area (Å²) in [6.07, 6.45) is 8.07. The molecule has 19 heavy (non-hydrogen) atoms. The minimum Gasteiger partial charge on any atom is -0.459 e. The van der Waals surface area contributed by atoms with Crippen molar-refractivity contribution in [1.82, 2.24) is 14.9 Å². The van der Waals surface area contributed by atoms with Crippen molar-refractivity contribution >= 4 is 16.9 Å². The van der Waals surface area contributed by atoms with Gasteiger partial charge in [0.25, 0.3) is 0 Å². The second-order valence-corrected chi connectivity index (χ2v) is 5.47. The van der Waals surface area contributed by atoms with Gasteiger partial charge in [0.15, 0.2) is 11.4 Å². The lowest BCUT2D eigenvalue weighted by Crippen LogP contribution is -2.36. The van der Waals surface area contributed by atoms with E-state index >= 15 is 0 Å². The maximum atomic E-state index is 5.45. The van der Waals surface area contributed by atoms with E-state index in [1.165, 1.54) is 25.7 Å². The van der Waals surface area contributed by atoms with E-state index in [9.17, 15) is 0 Å². The van der Waals surface area contributed by atoms with Crippen LogP contribution in [0.1, 0.15) is 25.7 Å². The van der Waals surface area contributed by atoms with Gasteiger partial charge in [-0.3, -0.25) is 0 Å². The van der Waals surface area contributed by atoms with Gasteiger partial charge in [-0.25, -0.2) is 9.97 Å². The van der Waals surface area contributed by atoms with E-state index in [0.29, 0.717) is 12.1 Å². The molecule has 5 nitrogen and oxygen atoms in total. The summed E-state index contributed by atoms with van der Waals surface area (Å²) in [5.74, 6) is 0.823. The zero-order chi connectivity index (χ0) is 13.2. The smallest absolute Gasteiger partial charge is 0.194 e. The van der Waals surface area contributed by atoms with Crippen molar-refractivity contribution in [2.75, 3.05) is 19.4 Å². The van der Waals surface area contributed by atoms with Crippen LogP contribution in [0.15, 0.2) is 23.1 Å². The Morgan fingerprint density at radius 3 is 2.74 bits per heavy atom. The van der Waals surface area contributed by atoms with Crippen molar-refractivity contribution < 1.29 is 4.42 Å². The minimum atomic E-state index is 0.486. The van der Waals surface area contributed by atoms with E-state index in [2.05, 4.69) is 34.3 Å². The van der Waals surface area contributed by atoms with Crippen LogP contribution in [0.5, 0.6) is 0 Å². The molecule has 1 aliphatic carbocycles. The van der Waals surface area contributed by atoms with Gasteiger partial charge in [0.05, 0.1) is 6.26 Å². The van der Waals surface area contributed by atoms with Crippen LogP contribution >= 0.6 is 0 Å². The fourth-order valence-electron chi connectivity index (χ4n) is 2.82. The third kappa shape index (κ3) is 2.56. The zero-order valence-corrected chi connectivity index (χ0v) is 11.5. The molecule has 3 rings (SSSR count). The Kier molecular flexibility index (Phi) is 3.38. The first-order valence-electron chi connectivity index (χ1n) is 6.85. The molecule has 2 aromatic rings. The van der Waals surface area contributed by atoms with Crippen LogP contribution in [0.2, 0.25) is 0 Å². The highest BCUT2D eigenvalue weighted by atomic mass is 16.3. The molecule has 0 spiro atoms. The summed E-state index contributed by atoms with van der Waals surface area (Å²) < 4.78 is 5.45. The Labute approximate surface area is 113 Å². The SMILES string of the molecule is CN(C)C1CCC(Nc2ncnc3ccoc23)CC1. The first-order chi connectivity index (χ1) is 9.24. The van der Waals surface area contributed by atoms with Crippen LogP contribution in [0, 0.1) is 0 Å². The van der Waals surface area contributed by atoms with E-state index in [-0.39, 0.29) is 0 Å². The molecule has 1 fully saturated rings. The Balaban J connectivity index is 1.68. The van der Waals surface area contributed by atoms with Gasteiger partial charge in [0, 0.05) is 18.2 Å². The maximum Gasteiger partial charge on any atom is 0.194 e. The highest BCUT2D eigenvalue weighted by Crippen LogP contribution is 2.26. The van der Waals surface area contributed by atoms with Gasteiger partial charge in [0.2, 0.25) is 0 Å². The lowest BCUT2D eigenvalue weighted by Gasteiger charge is -2.33. The number of rotatable bonds is 3. The summed E-state index contributed by atoms with van der Waals surface area (Å²) >= 11 is 0. The molecule has 1 aliphatic rings. The van der Waals surface area contributed by atoms with Crippen LogP contribution in [0.3, 0.4) is 0 Å². The number of aromatic nitrogens is 2. The van der Waals surface area contributed by atoms with Crippen LogP contribution in [-0.2, 0) is 0 Å². The maximum absolute atomic E-state index is 5.45. The molecule has 0 bridgehead atoms. The van der Waals surface area contributed by atoms with Crippen LogP contribution in [0.25, 0.3) is 11.1 Å². The fourth-order valence-corrected chi connectivity index (χ4v) is 2.82. The highest BCUT2D eigenvalue weighted by molar-refractivity contribution is 5.83. The molecule has 1 saturated carbocycles. The molecule has 1 N–H and O–H groups in total. The quantitative estimate of drug-likeness (QED) is 0.919. The minimum absolute atomic E-state index is 0.486. The molecule has 0 aromatic carbocycles. The monoisotopic (exact) mass is 260 g/mol. The number of furan rings is 1. The molecule has 2 aromatic heterocycles. The molecule has 0 amide bonds. The van der Waals surface area contributed by atoms with Gasteiger partial charge < -0.3 is 14.6 Å². The largest absolute Gasteiger partial charge is 0.459 e. The van der Waals surface area contributed by atoms with E-state index in [4.69, 9.17) is 4.42 Å². The van der Waals surface area contributed by atoms with E-state index < -0.39 is 0 Å². The summed E-state index contributed by atoms with van der Waals surface area (Å²) in [6, 6.07) is 3.07. The van der Waals surface area contributed by atoms with E-state index in [0.717, 1.165) is 16.9 Å². The highest BCUT2D eigenvalue weighted by Gasteiger charge is 2.23. The van der Waals surface area contributed by atoms with Crippen molar-refractivity contribution in [3.05, 3.63) is 18.7 Å². The van der Waals surface area contributed by atoms with Gasteiger partial charge >= 0.3 is 0 Å². The molecule has 102 valence electrons. The molecule has 5 heteroatoms. The summed E-state index contributed by atoms with van der Waals surface area (Å²) in [6.45, 7) is 0. The van der Waals surface area contributed by atoms with Gasteiger partial charge in [-0.2, -0.15) is 0 Å². The average Bonchev–Trinajstić information content (AvgIpc) is 2.89. The zero-order valence-electron chi connectivity index (χ0n) is 11.5. The third-order valence-electron chi connectivity index (χ3n) is 4.01. The summed E-state index contributed by atoms with van der Waals surface area (Å²) in [5.41, 5.74) is 1.62. The lowest BCUT2D eigenvalue weighted by molar-refractivity contribution is 0.221.